The van der Waals surface area contributed by atoms with Gasteiger partial charge in [0.2, 0.25) is 0 Å². The summed E-state index contributed by atoms with van der Waals surface area (Å²) >= 11 is 0. The Hall–Kier alpha value is -2.53. The van der Waals surface area contributed by atoms with Gasteiger partial charge in [0.25, 0.3) is 0 Å². The molecular weight excluding hydrogens is 316 g/mol. The summed E-state index contributed by atoms with van der Waals surface area (Å²) in [6.07, 6.45) is 0.902. The second kappa shape index (κ2) is 6.41. The van der Waals surface area contributed by atoms with Crippen molar-refractivity contribution in [3.63, 3.8) is 0 Å². The molecule has 0 heterocycles. The minimum Gasteiger partial charge on any atom is -0.496 e. The normalized spacial score (nSPS) is 26.6. The molecule has 1 fully saturated rings. The molecule has 2 aromatic rings. The first-order valence-electron chi connectivity index (χ1n) is 8.63. The molecule has 5 heteroatoms. The van der Waals surface area contributed by atoms with E-state index in [4.69, 9.17) is 4.74 Å². The zero-order chi connectivity index (χ0) is 17.4. The minimum absolute atomic E-state index is 0.102. The Morgan fingerprint density at radius 2 is 1.80 bits per heavy atom. The highest BCUT2D eigenvalue weighted by molar-refractivity contribution is 5.76. The van der Waals surface area contributed by atoms with E-state index in [0.717, 1.165) is 28.9 Å². The van der Waals surface area contributed by atoms with E-state index in [1.54, 1.807) is 7.11 Å². The van der Waals surface area contributed by atoms with Crippen molar-refractivity contribution in [2.75, 3.05) is 7.11 Å². The van der Waals surface area contributed by atoms with E-state index in [1.807, 2.05) is 48.5 Å². The van der Waals surface area contributed by atoms with Gasteiger partial charge in [0, 0.05) is 18.4 Å². The molecule has 3 N–H and O–H groups in total. The maximum Gasteiger partial charge on any atom is 0.315 e. The van der Waals surface area contributed by atoms with E-state index < -0.39 is 6.10 Å². The summed E-state index contributed by atoms with van der Waals surface area (Å²) in [6, 6.07) is 15.3. The summed E-state index contributed by atoms with van der Waals surface area (Å²) in [5.74, 6) is 1.14. The van der Waals surface area contributed by atoms with Crippen molar-refractivity contribution in [3.05, 3.63) is 65.2 Å². The van der Waals surface area contributed by atoms with Crippen molar-refractivity contribution in [3.8, 4) is 5.75 Å². The first-order valence-corrected chi connectivity index (χ1v) is 8.63. The van der Waals surface area contributed by atoms with Crippen molar-refractivity contribution < 1.29 is 14.6 Å². The highest BCUT2D eigenvalue weighted by Crippen LogP contribution is 2.44. The Morgan fingerprint density at radius 1 is 1.08 bits per heavy atom. The zero-order valence-electron chi connectivity index (χ0n) is 14.1. The lowest BCUT2D eigenvalue weighted by molar-refractivity contribution is 0.142. The van der Waals surface area contributed by atoms with Gasteiger partial charge in [-0.25, -0.2) is 4.79 Å². The molecule has 0 radical (unpaired) electrons. The Kier molecular flexibility index (Phi) is 4.09. The molecule has 2 amide bonds. The molecule has 0 aromatic heterocycles. The number of amides is 2. The van der Waals surface area contributed by atoms with E-state index in [2.05, 4.69) is 10.6 Å². The first-order chi connectivity index (χ1) is 12.2. The van der Waals surface area contributed by atoms with E-state index >= 15 is 0 Å². The molecule has 130 valence electrons. The van der Waals surface area contributed by atoms with Crippen molar-refractivity contribution in [2.24, 2.45) is 0 Å². The van der Waals surface area contributed by atoms with E-state index in [-0.39, 0.29) is 24.0 Å². The van der Waals surface area contributed by atoms with Crippen LogP contribution in [0.1, 0.15) is 35.1 Å². The number of nitrogens with one attached hydrogen (secondary N) is 2. The molecule has 25 heavy (non-hydrogen) atoms. The van der Waals surface area contributed by atoms with Crippen LogP contribution in [0.25, 0.3) is 0 Å². The van der Waals surface area contributed by atoms with Crippen LogP contribution in [0.4, 0.5) is 4.79 Å². The van der Waals surface area contributed by atoms with Gasteiger partial charge in [0.1, 0.15) is 5.75 Å². The predicted molar refractivity (Wildman–Crippen MR) is 94.7 cm³/mol. The maximum absolute atomic E-state index is 12.4. The zero-order valence-corrected chi connectivity index (χ0v) is 14.1. The van der Waals surface area contributed by atoms with Gasteiger partial charge in [0.05, 0.1) is 19.3 Å². The molecular formula is C20H22N2O3. The molecule has 1 saturated carbocycles. The SMILES string of the molecule is COc1ccccc1[C@@H]1C[C@@H]1NC(=O)N[C@H]1c2ccccc2C[C@@H]1O. The Balaban J connectivity index is 1.38. The molecule has 2 aromatic carbocycles. The first kappa shape index (κ1) is 16.0. The number of para-hydroxylation sites is 1. The second-order valence-corrected chi connectivity index (χ2v) is 6.76. The van der Waals surface area contributed by atoms with Crippen LogP contribution in [0.15, 0.2) is 48.5 Å². The number of carbonyl (C=O) groups excluding carboxylic acids is 1. The average molecular weight is 338 g/mol. The van der Waals surface area contributed by atoms with Gasteiger partial charge < -0.3 is 20.5 Å². The summed E-state index contributed by atoms with van der Waals surface area (Å²) < 4.78 is 5.40. The summed E-state index contributed by atoms with van der Waals surface area (Å²) in [4.78, 5) is 12.4. The lowest BCUT2D eigenvalue weighted by atomic mass is 10.1. The molecule has 2 aliphatic carbocycles. The van der Waals surface area contributed by atoms with Crippen LogP contribution in [0, 0.1) is 0 Å². The van der Waals surface area contributed by atoms with E-state index in [0.29, 0.717) is 6.42 Å². The fraction of sp³-hybridized carbons (Fsp3) is 0.350. The van der Waals surface area contributed by atoms with E-state index in [1.165, 1.54) is 0 Å². The highest BCUT2D eigenvalue weighted by Gasteiger charge is 2.42. The van der Waals surface area contributed by atoms with Gasteiger partial charge in [-0.15, -0.1) is 0 Å². The number of fused-ring (bicyclic) bond motifs is 1. The van der Waals surface area contributed by atoms with Crippen molar-refractivity contribution >= 4 is 6.03 Å². The number of ether oxygens (including phenoxy) is 1. The third-order valence-electron chi connectivity index (χ3n) is 5.14. The largest absolute Gasteiger partial charge is 0.496 e. The monoisotopic (exact) mass is 338 g/mol. The molecule has 5 nitrogen and oxygen atoms in total. The molecule has 0 spiro atoms. The number of aliphatic hydroxyl groups excluding tert-OH is 1. The van der Waals surface area contributed by atoms with Crippen LogP contribution < -0.4 is 15.4 Å². The van der Waals surface area contributed by atoms with Gasteiger partial charge in [-0.05, 0) is 29.2 Å². The Morgan fingerprint density at radius 3 is 2.60 bits per heavy atom. The molecule has 0 bridgehead atoms. The van der Waals surface area contributed by atoms with Crippen LogP contribution in [0.2, 0.25) is 0 Å². The number of benzene rings is 2. The lowest BCUT2D eigenvalue weighted by Gasteiger charge is -2.18. The third-order valence-corrected chi connectivity index (χ3v) is 5.14. The number of methoxy groups -OCH3 is 1. The van der Waals surface area contributed by atoms with Gasteiger partial charge in [0.15, 0.2) is 0 Å². The number of hydrogen-bond donors (Lipinski definition) is 3. The summed E-state index contributed by atoms with van der Waals surface area (Å²) in [5.41, 5.74) is 3.22. The molecule has 4 rings (SSSR count). The summed E-state index contributed by atoms with van der Waals surface area (Å²) in [6.45, 7) is 0. The Labute approximate surface area is 147 Å². The van der Waals surface area contributed by atoms with Crippen LogP contribution >= 0.6 is 0 Å². The van der Waals surface area contributed by atoms with Gasteiger partial charge in [-0.2, -0.15) is 0 Å². The quantitative estimate of drug-likeness (QED) is 0.802. The lowest BCUT2D eigenvalue weighted by Crippen LogP contribution is -2.42. The molecule has 0 saturated heterocycles. The number of aliphatic hydroxyl groups is 1. The maximum atomic E-state index is 12.4. The number of carbonyl (C=O) groups is 1. The highest BCUT2D eigenvalue weighted by atomic mass is 16.5. The van der Waals surface area contributed by atoms with Gasteiger partial charge in [-0.1, -0.05) is 42.5 Å². The van der Waals surface area contributed by atoms with Crippen LogP contribution in [-0.4, -0.2) is 30.4 Å². The fourth-order valence-corrected chi connectivity index (χ4v) is 3.77. The molecule has 0 aliphatic heterocycles. The average Bonchev–Trinajstić information content (AvgIpc) is 3.31. The van der Waals surface area contributed by atoms with E-state index in [9.17, 15) is 9.90 Å². The van der Waals surface area contributed by atoms with Crippen LogP contribution in [0.3, 0.4) is 0 Å². The summed E-state index contributed by atoms with van der Waals surface area (Å²) in [5, 5.41) is 16.2. The number of urea groups is 1. The number of hydrogen-bond acceptors (Lipinski definition) is 3. The third kappa shape index (κ3) is 3.07. The summed E-state index contributed by atoms with van der Waals surface area (Å²) in [7, 11) is 1.66. The van der Waals surface area contributed by atoms with Crippen molar-refractivity contribution in [2.45, 2.75) is 36.9 Å². The van der Waals surface area contributed by atoms with Gasteiger partial charge in [-0.3, -0.25) is 0 Å². The van der Waals surface area contributed by atoms with Crippen LogP contribution in [0.5, 0.6) is 5.75 Å². The van der Waals surface area contributed by atoms with Crippen LogP contribution in [-0.2, 0) is 6.42 Å². The van der Waals surface area contributed by atoms with Crippen molar-refractivity contribution in [1.29, 1.82) is 0 Å². The predicted octanol–water partition coefficient (Wildman–Crippen LogP) is 2.51. The Bertz CT molecular complexity index is 792. The second-order valence-electron chi connectivity index (χ2n) is 6.76. The fourth-order valence-electron chi connectivity index (χ4n) is 3.77. The number of rotatable bonds is 4. The molecule has 4 atom stereocenters. The molecule has 2 aliphatic rings. The standard InChI is InChI=1S/C20H22N2O3/c1-25-18-9-5-4-8-14(18)15-11-16(15)21-20(24)22-19-13-7-3-2-6-12(13)10-17(19)23/h2-9,15-17,19,23H,10-11H2,1H3,(H2,21,22,24)/t15-,16-,17-,19-/m0/s1. The molecule has 0 unspecified atom stereocenters. The smallest absolute Gasteiger partial charge is 0.315 e. The van der Waals surface area contributed by atoms with Gasteiger partial charge >= 0.3 is 6.03 Å². The topological polar surface area (TPSA) is 70.6 Å². The minimum atomic E-state index is -0.577. The van der Waals surface area contributed by atoms with Crippen molar-refractivity contribution in [1.82, 2.24) is 10.6 Å².